The lowest BCUT2D eigenvalue weighted by Gasteiger charge is -2.34. The van der Waals surface area contributed by atoms with Gasteiger partial charge in [0.2, 0.25) is 0 Å². The maximum absolute atomic E-state index is 10.3. The quantitative estimate of drug-likeness (QED) is 0.585. The maximum Gasteiger partial charge on any atom is 0.293 e. The minimum Gasteiger partial charge on any atom is -0.466 e. The first-order chi connectivity index (χ1) is 9.33. The third-order valence-electron chi connectivity index (χ3n) is 3.21. The van der Waals surface area contributed by atoms with Crippen LogP contribution in [0.25, 0.3) is 0 Å². The summed E-state index contributed by atoms with van der Waals surface area (Å²) in [5, 5.41) is 0. The van der Waals surface area contributed by atoms with Gasteiger partial charge < -0.3 is 9.47 Å². The molecule has 0 aromatic heterocycles. The molecule has 4 heteroatoms. The first-order valence-electron chi connectivity index (χ1n) is 6.26. The van der Waals surface area contributed by atoms with Crippen LogP contribution in [0.15, 0.2) is 24.3 Å². The second-order valence-corrected chi connectivity index (χ2v) is 4.47. The number of benzene rings is 1. The van der Waals surface area contributed by atoms with Gasteiger partial charge in [-0.05, 0) is 17.7 Å². The molecule has 0 amide bonds. The van der Waals surface area contributed by atoms with Crippen molar-refractivity contribution in [1.29, 1.82) is 0 Å². The maximum atomic E-state index is 10.3. The SMILES string of the molecule is C#Cc1ccc(CN2CCOCC2COC=O)cc1. The molecule has 1 aliphatic rings. The van der Waals surface area contributed by atoms with E-state index >= 15 is 0 Å². The van der Waals surface area contributed by atoms with Crippen LogP contribution in [0.5, 0.6) is 0 Å². The zero-order valence-corrected chi connectivity index (χ0v) is 10.7. The second-order valence-electron chi connectivity index (χ2n) is 4.47. The Bertz CT molecular complexity index is 449. The summed E-state index contributed by atoms with van der Waals surface area (Å²) in [6.45, 7) is 3.79. The van der Waals surface area contributed by atoms with Crippen LogP contribution in [0.1, 0.15) is 11.1 Å². The van der Waals surface area contributed by atoms with Gasteiger partial charge in [-0.1, -0.05) is 18.1 Å². The smallest absolute Gasteiger partial charge is 0.293 e. The molecule has 2 rings (SSSR count). The molecule has 1 aromatic rings. The van der Waals surface area contributed by atoms with E-state index in [1.165, 1.54) is 5.56 Å². The van der Waals surface area contributed by atoms with E-state index in [0.717, 1.165) is 18.7 Å². The van der Waals surface area contributed by atoms with Crippen LogP contribution in [0, 0.1) is 12.3 Å². The Morgan fingerprint density at radius 1 is 1.47 bits per heavy atom. The zero-order chi connectivity index (χ0) is 13.5. The van der Waals surface area contributed by atoms with Crippen molar-refractivity contribution in [3.8, 4) is 12.3 Å². The number of carbonyl (C=O) groups excluding carboxylic acids is 1. The van der Waals surface area contributed by atoms with Crippen molar-refractivity contribution >= 4 is 6.47 Å². The summed E-state index contributed by atoms with van der Waals surface area (Å²) in [7, 11) is 0. The summed E-state index contributed by atoms with van der Waals surface area (Å²) in [4.78, 5) is 12.5. The number of carbonyl (C=O) groups is 1. The average Bonchev–Trinajstić information content (AvgIpc) is 2.47. The Morgan fingerprint density at radius 3 is 2.95 bits per heavy atom. The number of morpholine rings is 1. The first-order valence-corrected chi connectivity index (χ1v) is 6.26. The van der Waals surface area contributed by atoms with E-state index in [0.29, 0.717) is 26.3 Å². The molecule has 4 nitrogen and oxygen atoms in total. The van der Waals surface area contributed by atoms with E-state index < -0.39 is 0 Å². The Kier molecular flexibility index (Phi) is 4.96. The van der Waals surface area contributed by atoms with Gasteiger partial charge in [0, 0.05) is 18.7 Å². The lowest BCUT2D eigenvalue weighted by Crippen LogP contribution is -2.47. The highest BCUT2D eigenvalue weighted by Crippen LogP contribution is 2.13. The number of hydrogen-bond donors (Lipinski definition) is 0. The van der Waals surface area contributed by atoms with E-state index in [-0.39, 0.29) is 6.04 Å². The predicted molar refractivity (Wildman–Crippen MR) is 71.4 cm³/mol. The minimum atomic E-state index is 0.117. The van der Waals surface area contributed by atoms with Gasteiger partial charge in [0.05, 0.1) is 19.3 Å². The van der Waals surface area contributed by atoms with Crippen LogP contribution in [-0.4, -0.2) is 43.8 Å². The molecular formula is C15H17NO3. The molecule has 1 saturated heterocycles. The first kappa shape index (κ1) is 13.6. The molecule has 1 atom stereocenters. The number of ether oxygens (including phenoxy) is 2. The average molecular weight is 259 g/mol. The van der Waals surface area contributed by atoms with Gasteiger partial charge in [-0.25, -0.2) is 0 Å². The second kappa shape index (κ2) is 6.93. The normalized spacial score (nSPS) is 19.6. The van der Waals surface area contributed by atoms with Crippen molar-refractivity contribution in [3.05, 3.63) is 35.4 Å². The molecule has 1 aliphatic heterocycles. The highest BCUT2D eigenvalue weighted by molar-refractivity contribution is 5.37. The van der Waals surface area contributed by atoms with Gasteiger partial charge in [-0.2, -0.15) is 0 Å². The molecule has 0 saturated carbocycles. The van der Waals surface area contributed by atoms with Crippen molar-refractivity contribution < 1.29 is 14.3 Å². The fraction of sp³-hybridized carbons (Fsp3) is 0.400. The van der Waals surface area contributed by atoms with Crippen molar-refractivity contribution in [1.82, 2.24) is 4.90 Å². The molecule has 0 radical (unpaired) electrons. The van der Waals surface area contributed by atoms with E-state index in [1.54, 1.807) is 0 Å². The van der Waals surface area contributed by atoms with Crippen molar-refractivity contribution in [2.24, 2.45) is 0 Å². The highest BCUT2D eigenvalue weighted by Gasteiger charge is 2.23. The van der Waals surface area contributed by atoms with Crippen LogP contribution in [0.3, 0.4) is 0 Å². The molecule has 0 spiro atoms. The molecule has 1 heterocycles. The Labute approximate surface area is 113 Å². The summed E-state index contributed by atoms with van der Waals surface area (Å²) < 4.78 is 10.3. The van der Waals surface area contributed by atoms with Crippen LogP contribution in [-0.2, 0) is 20.8 Å². The molecule has 19 heavy (non-hydrogen) atoms. The predicted octanol–water partition coefficient (Wildman–Crippen LogP) is 1.04. The number of rotatable bonds is 5. The monoisotopic (exact) mass is 259 g/mol. The molecule has 0 aliphatic carbocycles. The summed E-state index contributed by atoms with van der Waals surface area (Å²) in [5.74, 6) is 2.60. The number of hydrogen-bond acceptors (Lipinski definition) is 4. The largest absolute Gasteiger partial charge is 0.466 e. The van der Waals surface area contributed by atoms with Crippen LogP contribution in [0.4, 0.5) is 0 Å². The third-order valence-corrected chi connectivity index (χ3v) is 3.21. The molecule has 1 unspecified atom stereocenters. The Hall–Kier alpha value is -1.83. The molecule has 0 N–H and O–H groups in total. The van der Waals surface area contributed by atoms with Crippen molar-refractivity contribution in [2.75, 3.05) is 26.4 Å². The van der Waals surface area contributed by atoms with Crippen LogP contribution in [0.2, 0.25) is 0 Å². The molecule has 0 bridgehead atoms. The number of nitrogens with zero attached hydrogens (tertiary/aromatic N) is 1. The zero-order valence-electron chi connectivity index (χ0n) is 10.7. The lowest BCUT2D eigenvalue weighted by molar-refractivity contribution is -0.132. The summed E-state index contributed by atoms with van der Waals surface area (Å²) in [6.07, 6.45) is 5.33. The summed E-state index contributed by atoms with van der Waals surface area (Å²) in [6, 6.07) is 8.05. The highest BCUT2D eigenvalue weighted by atomic mass is 16.5. The van der Waals surface area contributed by atoms with Gasteiger partial charge in [-0.3, -0.25) is 9.69 Å². The van der Waals surface area contributed by atoms with E-state index in [2.05, 4.69) is 10.8 Å². The van der Waals surface area contributed by atoms with E-state index in [9.17, 15) is 4.79 Å². The topological polar surface area (TPSA) is 38.8 Å². The van der Waals surface area contributed by atoms with E-state index in [1.807, 2.05) is 24.3 Å². The number of terminal acetylenes is 1. The van der Waals surface area contributed by atoms with E-state index in [4.69, 9.17) is 15.9 Å². The Balaban J connectivity index is 1.97. The van der Waals surface area contributed by atoms with Crippen LogP contribution < -0.4 is 0 Å². The standard InChI is InChI=1S/C15H17NO3/c1-2-13-3-5-14(6-4-13)9-16-7-8-18-10-15(16)11-19-12-17/h1,3-6,12,15H,7-11H2. The van der Waals surface area contributed by atoms with Gasteiger partial charge >= 0.3 is 0 Å². The molecule has 100 valence electrons. The Morgan fingerprint density at radius 2 is 2.26 bits per heavy atom. The van der Waals surface area contributed by atoms with Gasteiger partial charge in [0.1, 0.15) is 6.61 Å². The fourth-order valence-corrected chi connectivity index (χ4v) is 2.14. The van der Waals surface area contributed by atoms with Gasteiger partial charge in [0.25, 0.3) is 6.47 Å². The summed E-state index contributed by atoms with van der Waals surface area (Å²) in [5.41, 5.74) is 2.07. The lowest BCUT2D eigenvalue weighted by atomic mass is 10.1. The van der Waals surface area contributed by atoms with Crippen molar-refractivity contribution in [2.45, 2.75) is 12.6 Å². The van der Waals surface area contributed by atoms with Gasteiger partial charge in [0.15, 0.2) is 0 Å². The van der Waals surface area contributed by atoms with Crippen LogP contribution >= 0.6 is 0 Å². The molecule has 1 fully saturated rings. The minimum absolute atomic E-state index is 0.117. The van der Waals surface area contributed by atoms with Gasteiger partial charge in [-0.15, -0.1) is 6.42 Å². The third kappa shape index (κ3) is 3.82. The molecular weight excluding hydrogens is 242 g/mol. The molecule has 1 aromatic carbocycles. The van der Waals surface area contributed by atoms with Crippen molar-refractivity contribution in [3.63, 3.8) is 0 Å². The fourth-order valence-electron chi connectivity index (χ4n) is 2.14. The summed E-state index contributed by atoms with van der Waals surface area (Å²) >= 11 is 0.